The molecule has 1 heterocycles. The average molecular weight is 335 g/mol. The van der Waals surface area contributed by atoms with E-state index in [9.17, 15) is 4.79 Å². The number of imidazole rings is 1. The highest BCUT2D eigenvalue weighted by Gasteiger charge is 2.18. The maximum atomic E-state index is 11.8. The van der Waals surface area contributed by atoms with Gasteiger partial charge in [-0.15, -0.1) is 0 Å². The molecular weight excluding hydrogens is 310 g/mol. The van der Waals surface area contributed by atoms with Crippen LogP contribution in [-0.4, -0.2) is 15.5 Å². The zero-order valence-electron chi connectivity index (χ0n) is 15.3. The molecule has 0 saturated carbocycles. The Morgan fingerprint density at radius 1 is 1.20 bits per heavy atom. The van der Waals surface area contributed by atoms with Gasteiger partial charge >= 0.3 is 0 Å². The van der Waals surface area contributed by atoms with Crippen LogP contribution in [0.15, 0.2) is 42.5 Å². The lowest BCUT2D eigenvalue weighted by Gasteiger charge is -2.17. The molecular formula is C21H25N3O. The van der Waals surface area contributed by atoms with Crippen molar-refractivity contribution in [1.82, 2.24) is 14.9 Å². The van der Waals surface area contributed by atoms with Gasteiger partial charge in [-0.25, -0.2) is 4.98 Å². The first-order chi connectivity index (χ1) is 12.0. The largest absolute Gasteiger partial charge is 0.346 e. The maximum Gasteiger partial charge on any atom is 0.220 e. The standard InChI is InChI=1S/C21H25N3O/c1-5-20(25)22-16(4)21-23-18-8-6-7-9-19(18)24(21)13-17-12-14(2)10-11-15(17)3/h6-12,16H,5,13H2,1-4H3,(H,22,25). The topological polar surface area (TPSA) is 46.9 Å². The molecule has 4 heteroatoms. The molecule has 1 atom stereocenters. The van der Waals surface area contributed by atoms with Crippen molar-refractivity contribution >= 4 is 16.9 Å². The second kappa shape index (κ2) is 7.09. The molecule has 0 aliphatic rings. The summed E-state index contributed by atoms with van der Waals surface area (Å²) in [7, 11) is 0. The number of rotatable bonds is 5. The Hall–Kier alpha value is -2.62. The van der Waals surface area contributed by atoms with Gasteiger partial charge in [-0.1, -0.05) is 42.8 Å². The number of benzene rings is 2. The quantitative estimate of drug-likeness (QED) is 0.756. The number of amides is 1. The molecule has 0 spiro atoms. The van der Waals surface area contributed by atoms with Crippen LogP contribution in [0.1, 0.15) is 48.8 Å². The van der Waals surface area contributed by atoms with E-state index in [0.717, 1.165) is 23.4 Å². The van der Waals surface area contributed by atoms with Crippen molar-refractivity contribution in [3.05, 3.63) is 65.0 Å². The van der Waals surface area contributed by atoms with E-state index in [0.29, 0.717) is 6.42 Å². The molecule has 4 nitrogen and oxygen atoms in total. The fourth-order valence-corrected chi connectivity index (χ4v) is 3.14. The van der Waals surface area contributed by atoms with Crippen LogP contribution in [0.3, 0.4) is 0 Å². The number of aromatic nitrogens is 2. The highest BCUT2D eigenvalue weighted by molar-refractivity contribution is 5.78. The van der Waals surface area contributed by atoms with Crippen LogP contribution in [0.2, 0.25) is 0 Å². The minimum atomic E-state index is -0.134. The van der Waals surface area contributed by atoms with Crippen LogP contribution in [0.4, 0.5) is 0 Å². The molecule has 0 fully saturated rings. The number of carbonyl (C=O) groups is 1. The van der Waals surface area contributed by atoms with E-state index in [4.69, 9.17) is 4.98 Å². The lowest BCUT2D eigenvalue weighted by atomic mass is 10.1. The van der Waals surface area contributed by atoms with Crippen molar-refractivity contribution in [3.63, 3.8) is 0 Å². The van der Waals surface area contributed by atoms with Crippen molar-refractivity contribution in [2.75, 3.05) is 0 Å². The molecule has 2 aromatic carbocycles. The molecule has 130 valence electrons. The second-order valence-corrected chi connectivity index (χ2v) is 6.62. The highest BCUT2D eigenvalue weighted by atomic mass is 16.1. The van der Waals surface area contributed by atoms with E-state index in [2.05, 4.69) is 48.0 Å². The van der Waals surface area contributed by atoms with Crippen LogP contribution in [0.5, 0.6) is 0 Å². The first-order valence-corrected chi connectivity index (χ1v) is 8.80. The summed E-state index contributed by atoms with van der Waals surface area (Å²) in [6.45, 7) is 8.85. The van der Waals surface area contributed by atoms with Gasteiger partial charge in [-0.05, 0) is 44.0 Å². The molecule has 0 aliphatic carbocycles. The van der Waals surface area contributed by atoms with Crippen LogP contribution in [0, 0.1) is 13.8 Å². The van der Waals surface area contributed by atoms with Gasteiger partial charge in [-0.2, -0.15) is 0 Å². The van der Waals surface area contributed by atoms with Gasteiger partial charge in [-0.3, -0.25) is 4.79 Å². The lowest BCUT2D eigenvalue weighted by molar-refractivity contribution is -0.121. The van der Waals surface area contributed by atoms with Gasteiger partial charge in [0.15, 0.2) is 0 Å². The van der Waals surface area contributed by atoms with Crippen LogP contribution >= 0.6 is 0 Å². The van der Waals surface area contributed by atoms with Gasteiger partial charge in [0.2, 0.25) is 5.91 Å². The molecule has 0 radical (unpaired) electrons. The molecule has 1 N–H and O–H groups in total. The number of fused-ring (bicyclic) bond motifs is 1. The van der Waals surface area contributed by atoms with E-state index >= 15 is 0 Å². The van der Waals surface area contributed by atoms with E-state index in [1.54, 1.807) is 0 Å². The number of aryl methyl sites for hydroxylation is 2. The van der Waals surface area contributed by atoms with E-state index in [1.807, 2.05) is 32.0 Å². The van der Waals surface area contributed by atoms with Crippen LogP contribution < -0.4 is 5.32 Å². The first kappa shape index (κ1) is 17.2. The summed E-state index contributed by atoms with van der Waals surface area (Å²) in [5, 5.41) is 3.04. The maximum absolute atomic E-state index is 11.8. The second-order valence-electron chi connectivity index (χ2n) is 6.62. The number of para-hydroxylation sites is 2. The molecule has 1 unspecified atom stereocenters. The smallest absolute Gasteiger partial charge is 0.220 e. The van der Waals surface area contributed by atoms with E-state index in [1.165, 1.54) is 16.7 Å². The summed E-state index contributed by atoms with van der Waals surface area (Å²) >= 11 is 0. The predicted molar refractivity (Wildman–Crippen MR) is 102 cm³/mol. The summed E-state index contributed by atoms with van der Waals surface area (Å²) < 4.78 is 2.22. The minimum absolute atomic E-state index is 0.0397. The Morgan fingerprint density at radius 3 is 2.72 bits per heavy atom. The summed E-state index contributed by atoms with van der Waals surface area (Å²) in [5.74, 6) is 0.932. The molecule has 3 rings (SSSR count). The molecule has 25 heavy (non-hydrogen) atoms. The number of carbonyl (C=O) groups excluding carboxylic acids is 1. The fraction of sp³-hybridized carbons (Fsp3) is 0.333. The average Bonchev–Trinajstić information content (AvgIpc) is 2.97. The Balaban J connectivity index is 2.07. The summed E-state index contributed by atoms with van der Waals surface area (Å²) in [4.78, 5) is 16.6. The van der Waals surface area contributed by atoms with E-state index < -0.39 is 0 Å². The molecule has 1 amide bonds. The van der Waals surface area contributed by atoms with Gasteiger partial charge in [0.05, 0.1) is 17.1 Å². The number of nitrogens with one attached hydrogen (secondary N) is 1. The SMILES string of the molecule is CCC(=O)NC(C)c1nc2ccccc2n1Cc1cc(C)ccc1C. The van der Waals surface area contributed by atoms with E-state index in [-0.39, 0.29) is 11.9 Å². The molecule has 1 aromatic heterocycles. The summed E-state index contributed by atoms with van der Waals surface area (Å²) in [6, 6.07) is 14.5. The third-order valence-electron chi connectivity index (χ3n) is 4.60. The Kier molecular flexibility index (Phi) is 4.88. The fourth-order valence-electron chi connectivity index (χ4n) is 3.14. The minimum Gasteiger partial charge on any atom is -0.346 e. The Morgan fingerprint density at radius 2 is 1.96 bits per heavy atom. The van der Waals surface area contributed by atoms with Crippen LogP contribution in [0.25, 0.3) is 11.0 Å². The number of hydrogen-bond acceptors (Lipinski definition) is 2. The molecule has 3 aromatic rings. The third kappa shape index (κ3) is 3.58. The zero-order valence-corrected chi connectivity index (χ0v) is 15.3. The first-order valence-electron chi connectivity index (χ1n) is 8.80. The Bertz CT molecular complexity index is 911. The zero-order chi connectivity index (χ0) is 18.0. The van der Waals surface area contributed by atoms with Gasteiger partial charge in [0.25, 0.3) is 0 Å². The lowest BCUT2D eigenvalue weighted by Crippen LogP contribution is -2.28. The molecule has 0 bridgehead atoms. The summed E-state index contributed by atoms with van der Waals surface area (Å²) in [6.07, 6.45) is 0.474. The summed E-state index contributed by atoms with van der Waals surface area (Å²) in [5.41, 5.74) is 5.84. The van der Waals surface area contributed by atoms with Gasteiger partial charge < -0.3 is 9.88 Å². The van der Waals surface area contributed by atoms with Crippen molar-refractivity contribution < 1.29 is 4.79 Å². The van der Waals surface area contributed by atoms with Crippen molar-refractivity contribution in [2.24, 2.45) is 0 Å². The molecule has 0 saturated heterocycles. The predicted octanol–water partition coefficient (Wildman–Crippen LogP) is 4.29. The van der Waals surface area contributed by atoms with Gasteiger partial charge in [0.1, 0.15) is 5.82 Å². The number of nitrogens with zero attached hydrogens (tertiary/aromatic N) is 2. The Labute approximate surface area is 148 Å². The van der Waals surface area contributed by atoms with Crippen LogP contribution in [-0.2, 0) is 11.3 Å². The monoisotopic (exact) mass is 335 g/mol. The van der Waals surface area contributed by atoms with Crippen molar-refractivity contribution in [3.8, 4) is 0 Å². The van der Waals surface area contributed by atoms with Crippen molar-refractivity contribution in [2.45, 2.75) is 46.7 Å². The number of hydrogen-bond donors (Lipinski definition) is 1. The van der Waals surface area contributed by atoms with Gasteiger partial charge in [0, 0.05) is 13.0 Å². The normalized spacial score (nSPS) is 12.3. The third-order valence-corrected chi connectivity index (χ3v) is 4.60. The van der Waals surface area contributed by atoms with Crippen molar-refractivity contribution in [1.29, 1.82) is 0 Å². The highest BCUT2D eigenvalue weighted by Crippen LogP contribution is 2.23. The molecule has 0 aliphatic heterocycles.